The van der Waals surface area contributed by atoms with E-state index in [9.17, 15) is 13.6 Å². The molecule has 1 aromatic carbocycles. The molecular formula is C17H21F2NO3. The van der Waals surface area contributed by atoms with E-state index in [-0.39, 0.29) is 23.2 Å². The Morgan fingerprint density at radius 3 is 2.22 bits per heavy atom. The third kappa shape index (κ3) is 2.18. The molecule has 0 saturated carbocycles. The molecule has 126 valence electrons. The fourth-order valence-corrected chi connectivity index (χ4v) is 3.44. The van der Waals surface area contributed by atoms with Gasteiger partial charge in [-0.25, -0.2) is 0 Å². The van der Waals surface area contributed by atoms with Gasteiger partial charge < -0.3 is 14.8 Å². The van der Waals surface area contributed by atoms with Gasteiger partial charge in [-0.05, 0) is 45.2 Å². The number of halogens is 2. The summed E-state index contributed by atoms with van der Waals surface area (Å²) in [5.41, 5.74) is -0.0190. The predicted molar refractivity (Wildman–Crippen MR) is 82.5 cm³/mol. The van der Waals surface area contributed by atoms with Crippen LogP contribution in [-0.4, -0.2) is 17.6 Å². The number of hydrogen-bond acceptors (Lipinski definition) is 4. The number of hydrogen-bond donors (Lipinski definition) is 1. The molecule has 0 saturated heterocycles. The Bertz CT molecular complexity index is 708. The van der Waals surface area contributed by atoms with Gasteiger partial charge in [-0.3, -0.25) is 4.79 Å². The summed E-state index contributed by atoms with van der Waals surface area (Å²) >= 11 is 0. The first kappa shape index (κ1) is 16.0. The van der Waals surface area contributed by atoms with Crippen molar-refractivity contribution in [1.29, 1.82) is 0 Å². The first-order chi connectivity index (χ1) is 10.4. The fourth-order valence-electron chi connectivity index (χ4n) is 3.44. The molecule has 0 unspecified atom stereocenters. The zero-order valence-electron chi connectivity index (χ0n) is 14.1. The third-order valence-corrected chi connectivity index (χ3v) is 4.57. The van der Waals surface area contributed by atoms with Crippen LogP contribution >= 0.6 is 0 Å². The maximum absolute atomic E-state index is 13.7. The van der Waals surface area contributed by atoms with E-state index in [0.717, 1.165) is 0 Å². The van der Waals surface area contributed by atoms with Gasteiger partial charge in [0.2, 0.25) is 0 Å². The second kappa shape index (κ2) is 4.36. The lowest BCUT2D eigenvalue weighted by atomic mass is 9.69. The number of anilines is 1. The van der Waals surface area contributed by atoms with Crippen molar-refractivity contribution in [3.05, 3.63) is 17.2 Å². The van der Waals surface area contributed by atoms with E-state index in [1.54, 1.807) is 33.8 Å². The van der Waals surface area contributed by atoms with Gasteiger partial charge in [0.25, 0.3) is 0 Å². The number of Topliss-reactive ketones (excluding diaryl/α,β-unsaturated/α-hetero) is 1. The van der Waals surface area contributed by atoms with Crippen LogP contribution in [0.15, 0.2) is 6.07 Å². The lowest BCUT2D eigenvalue weighted by Crippen LogP contribution is -2.53. The number of benzene rings is 1. The molecule has 3 rings (SSSR count). The fraction of sp³-hybridized carbons (Fsp3) is 0.588. The van der Waals surface area contributed by atoms with Crippen LogP contribution in [0.5, 0.6) is 11.5 Å². The summed E-state index contributed by atoms with van der Waals surface area (Å²) in [7, 11) is 0. The minimum Gasteiger partial charge on any atom is -0.395 e. The SMILES string of the molecule is CC(C)c1cc2c(c3c1OC(F)(F)O3)NC(C)(C)C(=O)C2(C)C. The molecule has 2 aliphatic heterocycles. The predicted octanol–water partition coefficient (Wildman–Crippen LogP) is 4.18. The molecule has 0 fully saturated rings. The van der Waals surface area contributed by atoms with E-state index in [4.69, 9.17) is 9.47 Å². The average Bonchev–Trinajstić information content (AvgIpc) is 2.71. The molecular weight excluding hydrogens is 304 g/mol. The summed E-state index contributed by atoms with van der Waals surface area (Å²) in [6, 6.07) is 1.78. The van der Waals surface area contributed by atoms with Gasteiger partial charge in [-0.2, -0.15) is 0 Å². The maximum Gasteiger partial charge on any atom is 0.586 e. The quantitative estimate of drug-likeness (QED) is 0.841. The Morgan fingerprint density at radius 1 is 1.09 bits per heavy atom. The van der Waals surface area contributed by atoms with E-state index < -0.39 is 17.2 Å². The van der Waals surface area contributed by atoms with Crippen LogP contribution in [-0.2, 0) is 10.2 Å². The maximum atomic E-state index is 13.7. The van der Waals surface area contributed by atoms with E-state index in [1.807, 2.05) is 13.8 Å². The Hall–Kier alpha value is -1.85. The number of ketones is 1. The lowest BCUT2D eigenvalue weighted by molar-refractivity contribution is -0.286. The molecule has 23 heavy (non-hydrogen) atoms. The molecule has 2 heterocycles. The number of rotatable bonds is 1. The first-order valence-electron chi connectivity index (χ1n) is 7.67. The minimum absolute atomic E-state index is 0.00201. The van der Waals surface area contributed by atoms with Crippen molar-refractivity contribution < 1.29 is 23.0 Å². The molecule has 0 aliphatic carbocycles. The highest BCUT2D eigenvalue weighted by Crippen LogP contribution is 2.56. The molecule has 2 aliphatic rings. The van der Waals surface area contributed by atoms with Crippen LogP contribution in [0.3, 0.4) is 0 Å². The van der Waals surface area contributed by atoms with Crippen LogP contribution in [0.4, 0.5) is 14.5 Å². The number of fused-ring (bicyclic) bond motifs is 3. The number of carbonyl (C=O) groups excluding carboxylic acids is 1. The van der Waals surface area contributed by atoms with E-state index >= 15 is 0 Å². The van der Waals surface area contributed by atoms with Crippen molar-refractivity contribution in [3.63, 3.8) is 0 Å². The summed E-state index contributed by atoms with van der Waals surface area (Å²) in [4.78, 5) is 12.8. The molecule has 6 heteroatoms. The Morgan fingerprint density at radius 2 is 1.65 bits per heavy atom. The Kier molecular flexibility index (Phi) is 3.04. The summed E-state index contributed by atoms with van der Waals surface area (Å²) in [5.74, 6) is -0.00716. The second-order valence-corrected chi connectivity index (χ2v) is 7.57. The number of carbonyl (C=O) groups is 1. The van der Waals surface area contributed by atoms with Crippen molar-refractivity contribution in [2.45, 2.75) is 64.7 Å². The van der Waals surface area contributed by atoms with Gasteiger partial charge in [0, 0.05) is 5.56 Å². The molecule has 0 aromatic heterocycles. The number of ether oxygens (including phenoxy) is 2. The van der Waals surface area contributed by atoms with Crippen LogP contribution in [0.1, 0.15) is 58.6 Å². The lowest BCUT2D eigenvalue weighted by Gasteiger charge is -2.42. The summed E-state index contributed by atoms with van der Waals surface area (Å²) in [5, 5.41) is 3.06. The van der Waals surface area contributed by atoms with Gasteiger partial charge in [0.1, 0.15) is 0 Å². The third-order valence-electron chi connectivity index (χ3n) is 4.57. The molecule has 0 atom stereocenters. The second-order valence-electron chi connectivity index (χ2n) is 7.57. The van der Waals surface area contributed by atoms with Gasteiger partial charge in [0.05, 0.1) is 16.6 Å². The summed E-state index contributed by atoms with van der Waals surface area (Å²) in [6.07, 6.45) is -3.70. The zero-order chi connectivity index (χ0) is 17.4. The highest BCUT2D eigenvalue weighted by atomic mass is 19.3. The molecule has 4 nitrogen and oxygen atoms in total. The number of nitrogens with one attached hydrogen (secondary N) is 1. The van der Waals surface area contributed by atoms with E-state index in [1.165, 1.54) is 0 Å². The van der Waals surface area contributed by atoms with E-state index in [0.29, 0.717) is 16.8 Å². The molecule has 0 radical (unpaired) electrons. The van der Waals surface area contributed by atoms with Crippen LogP contribution in [0.25, 0.3) is 0 Å². The van der Waals surface area contributed by atoms with Crippen LogP contribution in [0.2, 0.25) is 0 Å². The van der Waals surface area contributed by atoms with E-state index in [2.05, 4.69) is 5.32 Å². The molecule has 1 aromatic rings. The molecule has 0 bridgehead atoms. The van der Waals surface area contributed by atoms with Gasteiger partial charge >= 0.3 is 6.29 Å². The van der Waals surface area contributed by atoms with Crippen molar-refractivity contribution in [2.75, 3.05) is 5.32 Å². The zero-order valence-corrected chi connectivity index (χ0v) is 14.1. The van der Waals surface area contributed by atoms with Crippen LogP contribution in [0, 0.1) is 0 Å². The minimum atomic E-state index is -3.70. The Labute approximate surface area is 134 Å². The molecule has 1 N–H and O–H groups in total. The standard InChI is InChI=1S/C17H21F2NO3/c1-8(2)9-7-10-11(13-12(9)22-17(18,19)23-13)20-16(5,6)14(21)15(10,3)4/h7-8,20H,1-6H3. The molecule has 0 spiro atoms. The van der Waals surface area contributed by atoms with Crippen LogP contribution < -0.4 is 14.8 Å². The smallest absolute Gasteiger partial charge is 0.395 e. The summed E-state index contributed by atoms with van der Waals surface area (Å²) < 4.78 is 36.9. The van der Waals surface area contributed by atoms with Crippen molar-refractivity contribution >= 4 is 11.5 Å². The van der Waals surface area contributed by atoms with Gasteiger partial charge in [0.15, 0.2) is 17.3 Å². The van der Waals surface area contributed by atoms with Crippen molar-refractivity contribution in [1.82, 2.24) is 0 Å². The monoisotopic (exact) mass is 325 g/mol. The highest BCUT2D eigenvalue weighted by molar-refractivity contribution is 6.04. The average molecular weight is 325 g/mol. The molecule has 0 amide bonds. The Balaban J connectivity index is 2.32. The van der Waals surface area contributed by atoms with Crippen molar-refractivity contribution in [3.8, 4) is 11.5 Å². The van der Waals surface area contributed by atoms with Gasteiger partial charge in [-0.1, -0.05) is 13.8 Å². The number of alkyl halides is 2. The largest absolute Gasteiger partial charge is 0.586 e. The highest BCUT2D eigenvalue weighted by Gasteiger charge is 2.52. The topological polar surface area (TPSA) is 47.6 Å². The normalized spacial score (nSPS) is 22.7. The van der Waals surface area contributed by atoms with Crippen molar-refractivity contribution in [2.24, 2.45) is 0 Å². The van der Waals surface area contributed by atoms with Gasteiger partial charge in [-0.15, -0.1) is 8.78 Å². The first-order valence-corrected chi connectivity index (χ1v) is 7.67. The summed E-state index contributed by atoms with van der Waals surface area (Å²) in [6.45, 7) is 10.9.